The predicted molar refractivity (Wildman–Crippen MR) is 47.2 cm³/mol. The number of nitrogens with one attached hydrogen (secondary N) is 1. The zero-order chi connectivity index (χ0) is 8.81. The summed E-state index contributed by atoms with van der Waals surface area (Å²) in [6, 6.07) is 1.83. The van der Waals surface area contributed by atoms with E-state index in [0.717, 1.165) is 18.1 Å². The van der Waals surface area contributed by atoms with Gasteiger partial charge in [0.2, 0.25) is 0 Å². The third-order valence-corrected chi connectivity index (χ3v) is 1.49. The Bertz CT molecular complexity index is 239. The van der Waals surface area contributed by atoms with E-state index in [-0.39, 0.29) is 0 Å². The second kappa shape index (κ2) is 4.66. The summed E-state index contributed by atoms with van der Waals surface area (Å²) in [5, 5.41) is 2.95. The van der Waals surface area contributed by atoms with E-state index < -0.39 is 0 Å². The van der Waals surface area contributed by atoms with Gasteiger partial charge >= 0.3 is 0 Å². The van der Waals surface area contributed by atoms with Crippen molar-refractivity contribution in [1.82, 2.24) is 9.97 Å². The highest BCUT2D eigenvalue weighted by Crippen LogP contribution is 2.00. The standard InChI is InChI=1S/C8H13N3O/c1-9-7-3-5-10-8(11-7)4-6-12-2/h3,5H,4,6H2,1-2H3,(H,9,10,11). The number of anilines is 1. The zero-order valence-corrected chi connectivity index (χ0v) is 7.37. The average Bonchev–Trinajstić information content (AvgIpc) is 2.15. The molecule has 0 radical (unpaired) electrons. The van der Waals surface area contributed by atoms with Crippen LogP contribution in [-0.2, 0) is 11.2 Å². The van der Waals surface area contributed by atoms with Crippen LogP contribution in [0.5, 0.6) is 0 Å². The molecule has 0 saturated heterocycles. The first-order valence-electron chi connectivity index (χ1n) is 3.85. The normalized spacial score (nSPS) is 9.83. The maximum Gasteiger partial charge on any atom is 0.132 e. The molecule has 4 heteroatoms. The Morgan fingerprint density at radius 3 is 3.08 bits per heavy atom. The first kappa shape index (κ1) is 8.93. The minimum absolute atomic E-state index is 0.660. The molecule has 1 rings (SSSR count). The Labute approximate surface area is 72.0 Å². The van der Waals surface area contributed by atoms with Crippen LogP contribution in [0.4, 0.5) is 5.82 Å². The van der Waals surface area contributed by atoms with Crippen LogP contribution in [0.25, 0.3) is 0 Å². The van der Waals surface area contributed by atoms with Gasteiger partial charge in [-0.2, -0.15) is 0 Å². The maximum absolute atomic E-state index is 4.92. The fraction of sp³-hybridized carbons (Fsp3) is 0.500. The van der Waals surface area contributed by atoms with E-state index in [0.29, 0.717) is 6.61 Å². The summed E-state index contributed by atoms with van der Waals surface area (Å²) < 4.78 is 4.92. The zero-order valence-electron chi connectivity index (χ0n) is 7.37. The largest absolute Gasteiger partial charge is 0.384 e. The van der Waals surface area contributed by atoms with Gasteiger partial charge in [0, 0.05) is 26.8 Å². The van der Waals surface area contributed by atoms with Crippen LogP contribution < -0.4 is 5.32 Å². The van der Waals surface area contributed by atoms with E-state index >= 15 is 0 Å². The third-order valence-electron chi connectivity index (χ3n) is 1.49. The highest BCUT2D eigenvalue weighted by atomic mass is 16.5. The van der Waals surface area contributed by atoms with E-state index in [9.17, 15) is 0 Å². The molecule has 1 aromatic heterocycles. The second-order valence-corrected chi connectivity index (χ2v) is 2.35. The van der Waals surface area contributed by atoms with Crippen LogP contribution >= 0.6 is 0 Å². The van der Waals surface area contributed by atoms with Gasteiger partial charge in [0.15, 0.2) is 0 Å². The maximum atomic E-state index is 4.92. The number of nitrogens with zero attached hydrogens (tertiary/aromatic N) is 2. The average molecular weight is 167 g/mol. The van der Waals surface area contributed by atoms with Gasteiger partial charge in [-0.15, -0.1) is 0 Å². The van der Waals surface area contributed by atoms with Crippen molar-refractivity contribution in [3.05, 3.63) is 18.1 Å². The molecule has 0 aromatic carbocycles. The van der Waals surface area contributed by atoms with Crippen LogP contribution in [0, 0.1) is 0 Å². The van der Waals surface area contributed by atoms with Crippen molar-refractivity contribution in [3.63, 3.8) is 0 Å². The first-order valence-corrected chi connectivity index (χ1v) is 3.85. The molecular formula is C8H13N3O. The number of hydrogen-bond donors (Lipinski definition) is 1. The van der Waals surface area contributed by atoms with Crippen molar-refractivity contribution in [3.8, 4) is 0 Å². The Hall–Kier alpha value is -1.16. The van der Waals surface area contributed by atoms with Crippen LogP contribution in [0.1, 0.15) is 5.82 Å². The van der Waals surface area contributed by atoms with Crippen LogP contribution in [0.15, 0.2) is 12.3 Å². The van der Waals surface area contributed by atoms with Gasteiger partial charge in [0.1, 0.15) is 11.6 Å². The molecule has 0 aliphatic rings. The molecule has 4 nitrogen and oxygen atoms in total. The van der Waals surface area contributed by atoms with E-state index in [1.54, 1.807) is 13.3 Å². The van der Waals surface area contributed by atoms with E-state index in [1.807, 2.05) is 13.1 Å². The molecule has 1 heterocycles. The molecule has 0 atom stereocenters. The van der Waals surface area contributed by atoms with Crippen LogP contribution in [0.3, 0.4) is 0 Å². The van der Waals surface area contributed by atoms with Gasteiger partial charge in [-0.05, 0) is 6.07 Å². The highest BCUT2D eigenvalue weighted by molar-refractivity contribution is 5.31. The van der Waals surface area contributed by atoms with Crippen molar-refractivity contribution in [1.29, 1.82) is 0 Å². The summed E-state index contributed by atoms with van der Waals surface area (Å²) in [6.07, 6.45) is 2.50. The van der Waals surface area contributed by atoms with Crippen molar-refractivity contribution >= 4 is 5.82 Å². The second-order valence-electron chi connectivity index (χ2n) is 2.35. The van der Waals surface area contributed by atoms with Crippen molar-refractivity contribution < 1.29 is 4.74 Å². The summed E-state index contributed by atoms with van der Waals surface area (Å²) in [6.45, 7) is 0.660. The number of aromatic nitrogens is 2. The molecule has 0 aliphatic carbocycles. The SMILES string of the molecule is CNc1ccnc(CCOC)n1. The Morgan fingerprint density at radius 2 is 2.42 bits per heavy atom. The lowest BCUT2D eigenvalue weighted by Crippen LogP contribution is -2.02. The fourth-order valence-electron chi connectivity index (χ4n) is 0.852. The van der Waals surface area contributed by atoms with Gasteiger partial charge in [-0.1, -0.05) is 0 Å². The van der Waals surface area contributed by atoms with E-state index in [2.05, 4.69) is 15.3 Å². The molecule has 0 aliphatic heterocycles. The van der Waals surface area contributed by atoms with Gasteiger partial charge in [-0.25, -0.2) is 9.97 Å². The van der Waals surface area contributed by atoms with Gasteiger partial charge < -0.3 is 10.1 Å². The smallest absolute Gasteiger partial charge is 0.132 e. The number of methoxy groups -OCH3 is 1. The summed E-state index contributed by atoms with van der Waals surface area (Å²) in [7, 11) is 3.50. The number of ether oxygens (including phenoxy) is 1. The van der Waals surface area contributed by atoms with E-state index in [1.165, 1.54) is 0 Å². The molecular weight excluding hydrogens is 154 g/mol. The molecule has 0 saturated carbocycles. The van der Waals surface area contributed by atoms with E-state index in [4.69, 9.17) is 4.74 Å². The molecule has 0 spiro atoms. The number of hydrogen-bond acceptors (Lipinski definition) is 4. The third kappa shape index (κ3) is 2.47. The lowest BCUT2D eigenvalue weighted by Gasteiger charge is -2.01. The minimum atomic E-state index is 0.660. The topological polar surface area (TPSA) is 47.0 Å². The quantitative estimate of drug-likeness (QED) is 0.717. The van der Waals surface area contributed by atoms with Crippen LogP contribution in [0.2, 0.25) is 0 Å². The lowest BCUT2D eigenvalue weighted by atomic mass is 10.4. The van der Waals surface area contributed by atoms with Crippen LogP contribution in [-0.4, -0.2) is 30.7 Å². The fourth-order valence-corrected chi connectivity index (χ4v) is 0.852. The Kier molecular flexibility index (Phi) is 3.47. The predicted octanol–water partition coefficient (Wildman–Crippen LogP) is 0.707. The molecule has 12 heavy (non-hydrogen) atoms. The van der Waals surface area contributed by atoms with Crippen molar-refractivity contribution in [2.75, 3.05) is 26.1 Å². The molecule has 0 amide bonds. The Balaban J connectivity index is 2.60. The monoisotopic (exact) mass is 167 g/mol. The molecule has 1 aromatic rings. The van der Waals surface area contributed by atoms with Gasteiger partial charge in [-0.3, -0.25) is 0 Å². The highest BCUT2D eigenvalue weighted by Gasteiger charge is 1.96. The number of rotatable bonds is 4. The van der Waals surface area contributed by atoms with Gasteiger partial charge in [0.25, 0.3) is 0 Å². The van der Waals surface area contributed by atoms with Crippen molar-refractivity contribution in [2.45, 2.75) is 6.42 Å². The summed E-state index contributed by atoms with van der Waals surface area (Å²) in [5.74, 6) is 1.65. The molecule has 0 unspecified atom stereocenters. The lowest BCUT2D eigenvalue weighted by molar-refractivity contribution is 0.200. The minimum Gasteiger partial charge on any atom is -0.384 e. The van der Waals surface area contributed by atoms with Crippen molar-refractivity contribution in [2.24, 2.45) is 0 Å². The molecule has 66 valence electrons. The van der Waals surface area contributed by atoms with Gasteiger partial charge in [0.05, 0.1) is 6.61 Å². The summed E-state index contributed by atoms with van der Waals surface area (Å²) in [4.78, 5) is 8.32. The summed E-state index contributed by atoms with van der Waals surface area (Å²) >= 11 is 0. The molecule has 1 N–H and O–H groups in total. The Morgan fingerprint density at radius 1 is 1.58 bits per heavy atom. The molecule has 0 bridgehead atoms. The summed E-state index contributed by atoms with van der Waals surface area (Å²) in [5.41, 5.74) is 0. The first-order chi connectivity index (χ1) is 5.86. The molecule has 0 fully saturated rings.